The lowest BCUT2D eigenvalue weighted by molar-refractivity contribution is -0.116. The number of carbonyl (C=O) groups is 1. The predicted molar refractivity (Wildman–Crippen MR) is 91.8 cm³/mol. The summed E-state index contributed by atoms with van der Waals surface area (Å²) in [6.45, 7) is 2.06. The van der Waals surface area contributed by atoms with E-state index >= 15 is 0 Å². The van der Waals surface area contributed by atoms with Gasteiger partial charge in [-0.15, -0.1) is 0 Å². The van der Waals surface area contributed by atoms with E-state index in [0.29, 0.717) is 6.42 Å². The van der Waals surface area contributed by atoms with E-state index in [4.69, 9.17) is 4.42 Å². The lowest BCUT2D eigenvalue weighted by Crippen LogP contribution is -2.24. The van der Waals surface area contributed by atoms with Gasteiger partial charge in [0.25, 0.3) is 0 Å². The number of aryl methyl sites for hydroxylation is 2. The minimum Gasteiger partial charge on any atom is -0.465 e. The van der Waals surface area contributed by atoms with Crippen molar-refractivity contribution in [2.24, 2.45) is 7.05 Å². The number of rotatable bonds is 3. The molecule has 0 saturated carbocycles. The van der Waals surface area contributed by atoms with Crippen molar-refractivity contribution in [3.63, 3.8) is 0 Å². The van der Waals surface area contributed by atoms with E-state index in [9.17, 15) is 4.79 Å². The molecule has 0 saturated heterocycles. The van der Waals surface area contributed by atoms with Gasteiger partial charge in [-0.2, -0.15) is 5.10 Å². The Bertz CT molecular complexity index is 893. The quantitative estimate of drug-likeness (QED) is 0.800. The molecular formula is C19H19N3O2. The van der Waals surface area contributed by atoms with Crippen LogP contribution in [0.15, 0.2) is 46.9 Å². The molecule has 0 aliphatic carbocycles. The van der Waals surface area contributed by atoms with Crippen molar-refractivity contribution in [3.8, 4) is 11.3 Å². The van der Waals surface area contributed by atoms with E-state index in [1.165, 1.54) is 0 Å². The zero-order chi connectivity index (χ0) is 16.7. The van der Waals surface area contributed by atoms with Crippen molar-refractivity contribution in [2.75, 3.05) is 5.32 Å². The summed E-state index contributed by atoms with van der Waals surface area (Å²) >= 11 is 0. The Kier molecular flexibility index (Phi) is 3.49. The maximum absolute atomic E-state index is 12.2. The second kappa shape index (κ2) is 5.67. The molecule has 0 spiro atoms. The smallest absolute Gasteiger partial charge is 0.226 e. The number of nitrogens with zero attached hydrogens (tertiary/aromatic N) is 2. The van der Waals surface area contributed by atoms with Crippen LogP contribution in [-0.2, 0) is 18.3 Å². The minimum atomic E-state index is -0.113. The average Bonchev–Trinajstić information content (AvgIpc) is 3.20. The first-order valence-electron chi connectivity index (χ1n) is 8.18. The zero-order valence-electron chi connectivity index (χ0n) is 13.7. The number of anilines is 1. The van der Waals surface area contributed by atoms with Crippen LogP contribution in [0.4, 0.5) is 5.82 Å². The Hall–Kier alpha value is -2.82. The predicted octanol–water partition coefficient (Wildman–Crippen LogP) is 3.72. The molecule has 1 aliphatic heterocycles. The van der Waals surface area contributed by atoms with Crippen molar-refractivity contribution in [3.05, 3.63) is 59.5 Å². The monoisotopic (exact) mass is 321 g/mol. The van der Waals surface area contributed by atoms with Crippen LogP contribution in [0.2, 0.25) is 0 Å². The molecule has 1 atom stereocenters. The summed E-state index contributed by atoms with van der Waals surface area (Å²) in [5, 5.41) is 7.62. The highest BCUT2D eigenvalue weighted by molar-refractivity contribution is 5.96. The van der Waals surface area contributed by atoms with Crippen LogP contribution in [0, 0.1) is 0 Å². The molecule has 1 N–H and O–H groups in total. The molecule has 3 heterocycles. The van der Waals surface area contributed by atoms with Gasteiger partial charge in [-0.3, -0.25) is 9.48 Å². The molecular weight excluding hydrogens is 302 g/mol. The van der Waals surface area contributed by atoms with Crippen molar-refractivity contribution in [1.29, 1.82) is 0 Å². The number of benzene rings is 1. The number of amides is 1. The summed E-state index contributed by atoms with van der Waals surface area (Å²) in [6, 6.07) is 14.0. The third-order valence-corrected chi connectivity index (χ3v) is 4.50. The van der Waals surface area contributed by atoms with E-state index in [-0.39, 0.29) is 11.8 Å². The molecule has 1 unspecified atom stereocenters. The third kappa shape index (κ3) is 2.33. The molecule has 5 nitrogen and oxygen atoms in total. The number of furan rings is 1. The Morgan fingerprint density at radius 2 is 2.04 bits per heavy atom. The first-order valence-corrected chi connectivity index (χ1v) is 8.18. The fourth-order valence-corrected chi connectivity index (χ4v) is 3.31. The van der Waals surface area contributed by atoms with Gasteiger partial charge in [-0.1, -0.05) is 37.3 Å². The molecule has 1 amide bonds. The van der Waals surface area contributed by atoms with Crippen LogP contribution in [-0.4, -0.2) is 15.7 Å². The highest BCUT2D eigenvalue weighted by Crippen LogP contribution is 2.43. The molecule has 122 valence electrons. The van der Waals surface area contributed by atoms with Crippen LogP contribution >= 0.6 is 0 Å². The molecule has 0 radical (unpaired) electrons. The van der Waals surface area contributed by atoms with Crippen LogP contribution in [0.3, 0.4) is 0 Å². The summed E-state index contributed by atoms with van der Waals surface area (Å²) in [5.41, 5.74) is 2.96. The summed E-state index contributed by atoms with van der Waals surface area (Å²) in [4.78, 5) is 12.2. The Labute approximate surface area is 140 Å². The fourth-order valence-electron chi connectivity index (χ4n) is 3.31. The van der Waals surface area contributed by atoms with Gasteiger partial charge in [0.15, 0.2) is 0 Å². The van der Waals surface area contributed by atoms with Gasteiger partial charge >= 0.3 is 0 Å². The maximum atomic E-state index is 12.2. The molecule has 24 heavy (non-hydrogen) atoms. The van der Waals surface area contributed by atoms with E-state index < -0.39 is 0 Å². The van der Waals surface area contributed by atoms with Gasteiger partial charge in [0.2, 0.25) is 5.91 Å². The topological polar surface area (TPSA) is 60.1 Å². The molecule has 2 aromatic heterocycles. The van der Waals surface area contributed by atoms with Crippen LogP contribution < -0.4 is 5.32 Å². The largest absolute Gasteiger partial charge is 0.465 e. The molecule has 0 fully saturated rings. The standard InChI is InChI=1S/C19H19N3O2/c1-3-13-9-10-15(24-13)14-11-16(23)20-19-17(14)18(21-22(19)2)12-7-5-4-6-8-12/h4-10,14H,3,11H2,1-2H3,(H,20,23). The first kappa shape index (κ1) is 14.8. The second-order valence-electron chi connectivity index (χ2n) is 6.06. The molecule has 1 aromatic carbocycles. The lowest BCUT2D eigenvalue weighted by Gasteiger charge is -2.22. The third-order valence-electron chi connectivity index (χ3n) is 4.50. The Morgan fingerprint density at radius 1 is 1.25 bits per heavy atom. The van der Waals surface area contributed by atoms with Gasteiger partial charge in [0.05, 0.1) is 11.6 Å². The molecule has 5 heteroatoms. The molecule has 4 rings (SSSR count). The number of hydrogen-bond donors (Lipinski definition) is 1. The normalized spacial score (nSPS) is 16.8. The number of fused-ring (bicyclic) bond motifs is 1. The Balaban J connectivity index is 1.89. The number of nitrogens with one attached hydrogen (secondary N) is 1. The van der Waals surface area contributed by atoms with Gasteiger partial charge in [0.1, 0.15) is 17.3 Å². The fraction of sp³-hybridized carbons (Fsp3) is 0.263. The number of hydrogen-bond acceptors (Lipinski definition) is 3. The van der Waals surface area contributed by atoms with Crippen molar-refractivity contribution in [2.45, 2.75) is 25.7 Å². The SMILES string of the molecule is CCc1ccc(C2CC(=O)Nc3c2c(-c2ccccc2)nn3C)o1. The first-order chi connectivity index (χ1) is 11.7. The van der Waals surface area contributed by atoms with Crippen molar-refractivity contribution in [1.82, 2.24) is 9.78 Å². The van der Waals surface area contributed by atoms with Crippen molar-refractivity contribution < 1.29 is 9.21 Å². The minimum absolute atomic E-state index is 0.00967. The van der Waals surface area contributed by atoms with Crippen LogP contribution in [0.25, 0.3) is 11.3 Å². The average molecular weight is 321 g/mol. The Morgan fingerprint density at radius 3 is 2.75 bits per heavy atom. The highest BCUT2D eigenvalue weighted by Gasteiger charge is 2.34. The van der Waals surface area contributed by atoms with Gasteiger partial charge < -0.3 is 9.73 Å². The van der Waals surface area contributed by atoms with E-state index in [0.717, 1.165) is 40.6 Å². The number of carbonyl (C=O) groups excluding carboxylic acids is 1. The number of aromatic nitrogens is 2. The van der Waals surface area contributed by atoms with E-state index in [2.05, 4.69) is 17.3 Å². The van der Waals surface area contributed by atoms with Crippen LogP contribution in [0.1, 0.15) is 36.3 Å². The summed E-state index contributed by atoms with van der Waals surface area (Å²) in [5.74, 6) is 2.39. The van der Waals surface area contributed by atoms with Gasteiger partial charge in [-0.05, 0) is 12.1 Å². The molecule has 0 bridgehead atoms. The summed E-state index contributed by atoms with van der Waals surface area (Å²) in [6.07, 6.45) is 1.21. The van der Waals surface area contributed by atoms with Gasteiger partial charge in [-0.25, -0.2) is 0 Å². The summed E-state index contributed by atoms with van der Waals surface area (Å²) in [7, 11) is 1.85. The lowest BCUT2D eigenvalue weighted by atomic mass is 9.88. The van der Waals surface area contributed by atoms with Gasteiger partial charge in [0, 0.05) is 31.0 Å². The highest BCUT2D eigenvalue weighted by atomic mass is 16.3. The van der Waals surface area contributed by atoms with Crippen LogP contribution in [0.5, 0.6) is 0 Å². The maximum Gasteiger partial charge on any atom is 0.226 e. The molecule has 3 aromatic rings. The van der Waals surface area contributed by atoms with Crippen molar-refractivity contribution >= 4 is 11.7 Å². The van der Waals surface area contributed by atoms with E-state index in [1.807, 2.05) is 49.5 Å². The summed E-state index contributed by atoms with van der Waals surface area (Å²) < 4.78 is 7.70. The second-order valence-corrected chi connectivity index (χ2v) is 6.06. The molecule has 1 aliphatic rings. The van der Waals surface area contributed by atoms with E-state index in [1.54, 1.807) is 4.68 Å². The zero-order valence-corrected chi connectivity index (χ0v) is 13.7.